The zero-order valence-electron chi connectivity index (χ0n) is 19.7. The molecule has 0 unspecified atom stereocenters. The van der Waals surface area contributed by atoms with Crippen molar-refractivity contribution in [2.75, 3.05) is 33.0 Å². The Morgan fingerprint density at radius 2 is 1.88 bits per heavy atom. The van der Waals surface area contributed by atoms with Gasteiger partial charge in [-0.15, -0.1) is 0 Å². The number of urea groups is 1. The van der Waals surface area contributed by atoms with Crippen molar-refractivity contribution in [3.63, 3.8) is 0 Å². The minimum Gasteiger partial charge on any atom is -0.467 e. The quantitative estimate of drug-likeness (QED) is 0.500. The molecule has 10 nitrogen and oxygen atoms in total. The van der Waals surface area contributed by atoms with E-state index in [9.17, 15) is 14.4 Å². The molecule has 1 aromatic heterocycles. The molecule has 0 aliphatic carbocycles. The van der Waals surface area contributed by atoms with Crippen LogP contribution in [-0.2, 0) is 27.4 Å². The maximum absolute atomic E-state index is 13.4. The fraction of sp³-hybridized carbons (Fsp3) is 0.458. The van der Waals surface area contributed by atoms with Crippen LogP contribution in [0.4, 0.5) is 4.79 Å². The Balaban J connectivity index is 1.71. The molecule has 0 saturated heterocycles. The van der Waals surface area contributed by atoms with E-state index in [1.165, 1.54) is 4.90 Å². The molecule has 1 aliphatic heterocycles. The predicted octanol–water partition coefficient (Wildman–Crippen LogP) is 2.77. The summed E-state index contributed by atoms with van der Waals surface area (Å²) in [5.74, 6) is 1.23. The molecular weight excluding hydrogens is 442 g/mol. The molecular formula is C24H31N3O7. The molecule has 0 fully saturated rings. The van der Waals surface area contributed by atoms with E-state index in [4.69, 9.17) is 18.6 Å². The van der Waals surface area contributed by atoms with Crippen molar-refractivity contribution in [1.82, 2.24) is 15.1 Å². The van der Waals surface area contributed by atoms with E-state index >= 15 is 0 Å². The van der Waals surface area contributed by atoms with Gasteiger partial charge in [-0.3, -0.25) is 9.59 Å². The number of hydrogen-bond donors (Lipinski definition) is 1. The van der Waals surface area contributed by atoms with E-state index in [0.29, 0.717) is 23.8 Å². The number of fused-ring (bicyclic) bond motifs is 1. The smallest absolute Gasteiger partial charge is 0.325 e. The number of nitrogens with one attached hydrogen (secondary N) is 1. The number of amides is 3. The van der Waals surface area contributed by atoms with Crippen molar-refractivity contribution in [3.8, 4) is 11.5 Å². The monoisotopic (exact) mass is 473 g/mol. The van der Waals surface area contributed by atoms with Crippen LogP contribution >= 0.6 is 0 Å². The summed E-state index contributed by atoms with van der Waals surface area (Å²) in [4.78, 5) is 40.7. The minimum absolute atomic E-state index is 0.119. The molecule has 1 aromatic carbocycles. The van der Waals surface area contributed by atoms with Gasteiger partial charge in [0.25, 0.3) is 0 Å². The topological polar surface area (TPSA) is 111 Å². The molecule has 0 radical (unpaired) electrons. The first-order chi connectivity index (χ1) is 16.4. The molecule has 0 spiro atoms. The van der Waals surface area contributed by atoms with E-state index in [2.05, 4.69) is 5.32 Å². The number of nitrogens with zero attached hydrogens (tertiary/aromatic N) is 2. The fourth-order valence-electron chi connectivity index (χ4n) is 3.48. The van der Waals surface area contributed by atoms with Crippen molar-refractivity contribution in [2.45, 2.75) is 33.9 Å². The summed E-state index contributed by atoms with van der Waals surface area (Å²) in [6, 6.07) is 8.55. The van der Waals surface area contributed by atoms with Gasteiger partial charge in [0.15, 0.2) is 11.5 Å². The molecule has 0 saturated carbocycles. The second-order valence-electron chi connectivity index (χ2n) is 8.25. The Bertz CT molecular complexity index is 975. The van der Waals surface area contributed by atoms with E-state index in [1.54, 1.807) is 36.3 Å². The summed E-state index contributed by atoms with van der Waals surface area (Å²) >= 11 is 0. The highest BCUT2D eigenvalue weighted by molar-refractivity contribution is 5.86. The van der Waals surface area contributed by atoms with Crippen molar-refractivity contribution in [3.05, 3.63) is 47.9 Å². The van der Waals surface area contributed by atoms with Crippen molar-refractivity contribution < 1.29 is 33.0 Å². The Morgan fingerprint density at radius 3 is 2.59 bits per heavy atom. The number of furan rings is 1. The Morgan fingerprint density at radius 1 is 1.09 bits per heavy atom. The molecule has 34 heavy (non-hydrogen) atoms. The minimum atomic E-state index is -0.533. The van der Waals surface area contributed by atoms with Gasteiger partial charge in [0.1, 0.15) is 18.8 Å². The summed E-state index contributed by atoms with van der Waals surface area (Å²) < 4.78 is 21.1. The molecule has 0 atom stereocenters. The average molecular weight is 474 g/mol. The number of esters is 1. The van der Waals surface area contributed by atoms with Crippen LogP contribution in [0, 0.1) is 5.92 Å². The van der Waals surface area contributed by atoms with E-state index in [-0.39, 0.29) is 51.4 Å². The molecule has 2 aromatic rings. The number of benzene rings is 1. The summed E-state index contributed by atoms with van der Waals surface area (Å²) in [6.45, 7) is 6.43. The lowest BCUT2D eigenvalue weighted by molar-refractivity contribution is -0.141. The molecule has 3 amide bonds. The van der Waals surface area contributed by atoms with Crippen LogP contribution in [0.3, 0.4) is 0 Å². The highest BCUT2D eigenvalue weighted by atomic mass is 16.7. The van der Waals surface area contributed by atoms with Gasteiger partial charge in [-0.1, -0.05) is 19.9 Å². The highest BCUT2D eigenvalue weighted by Crippen LogP contribution is 2.33. The van der Waals surface area contributed by atoms with Crippen LogP contribution in [0.15, 0.2) is 41.0 Å². The van der Waals surface area contributed by atoms with E-state index in [1.807, 2.05) is 26.0 Å². The van der Waals surface area contributed by atoms with Gasteiger partial charge in [0.05, 0.1) is 19.4 Å². The SMILES string of the molecule is CCOC(=O)CNC(=O)N(CC(=O)N(Cc1ccc2c(c1)OCO2)Cc1ccco1)CC(C)C. The lowest BCUT2D eigenvalue weighted by atomic mass is 10.1. The zero-order chi connectivity index (χ0) is 24.5. The van der Waals surface area contributed by atoms with E-state index in [0.717, 1.165) is 5.56 Å². The van der Waals surface area contributed by atoms with Crippen LogP contribution in [0.2, 0.25) is 0 Å². The summed E-state index contributed by atoms with van der Waals surface area (Å²) in [7, 11) is 0. The standard InChI is InChI=1S/C24H31N3O7/c1-4-31-23(29)11-25-24(30)27(12-17(2)3)15-22(28)26(14-19-6-5-9-32-19)13-18-7-8-20-21(10-18)34-16-33-20/h5-10,17H,4,11-16H2,1-3H3,(H,25,30). The maximum atomic E-state index is 13.4. The molecule has 1 N–H and O–H groups in total. The first-order valence-corrected chi connectivity index (χ1v) is 11.2. The first-order valence-electron chi connectivity index (χ1n) is 11.2. The normalized spacial score (nSPS) is 11.9. The first kappa shape index (κ1) is 24.9. The summed E-state index contributed by atoms with van der Waals surface area (Å²) in [5, 5.41) is 2.53. The Kier molecular flexibility index (Phi) is 8.78. The lowest BCUT2D eigenvalue weighted by Gasteiger charge is -2.28. The van der Waals surface area contributed by atoms with Gasteiger partial charge in [0, 0.05) is 13.1 Å². The fourth-order valence-corrected chi connectivity index (χ4v) is 3.48. The second kappa shape index (κ2) is 12.0. The summed E-state index contributed by atoms with van der Waals surface area (Å²) in [6.07, 6.45) is 1.55. The van der Waals surface area contributed by atoms with Crippen LogP contribution in [0.5, 0.6) is 11.5 Å². The lowest BCUT2D eigenvalue weighted by Crippen LogP contribution is -2.48. The number of carbonyl (C=O) groups is 3. The zero-order valence-corrected chi connectivity index (χ0v) is 19.7. The molecule has 2 heterocycles. The van der Waals surface area contributed by atoms with Crippen molar-refractivity contribution in [1.29, 1.82) is 0 Å². The molecule has 3 rings (SSSR count). The van der Waals surface area contributed by atoms with Gasteiger partial charge in [-0.05, 0) is 42.7 Å². The van der Waals surface area contributed by atoms with Crippen LogP contribution in [-0.4, -0.2) is 60.7 Å². The molecule has 0 bridgehead atoms. The predicted molar refractivity (Wildman–Crippen MR) is 122 cm³/mol. The number of hydrogen-bond acceptors (Lipinski definition) is 7. The van der Waals surface area contributed by atoms with Gasteiger partial charge >= 0.3 is 12.0 Å². The maximum Gasteiger partial charge on any atom is 0.325 e. The van der Waals surface area contributed by atoms with Gasteiger partial charge in [0.2, 0.25) is 12.7 Å². The van der Waals surface area contributed by atoms with Gasteiger partial charge in [-0.2, -0.15) is 0 Å². The molecule has 184 valence electrons. The highest BCUT2D eigenvalue weighted by Gasteiger charge is 2.24. The Labute approximate surface area is 198 Å². The number of rotatable bonds is 11. The van der Waals surface area contributed by atoms with Crippen LogP contribution in [0.1, 0.15) is 32.1 Å². The third-order valence-electron chi connectivity index (χ3n) is 4.98. The largest absolute Gasteiger partial charge is 0.467 e. The summed E-state index contributed by atoms with van der Waals surface area (Å²) in [5.41, 5.74) is 0.853. The van der Waals surface area contributed by atoms with Gasteiger partial charge < -0.3 is 33.7 Å². The third-order valence-corrected chi connectivity index (χ3v) is 4.98. The van der Waals surface area contributed by atoms with Crippen LogP contribution < -0.4 is 14.8 Å². The van der Waals surface area contributed by atoms with Crippen molar-refractivity contribution >= 4 is 17.9 Å². The van der Waals surface area contributed by atoms with Crippen molar-refractivity contribution in [2.24, 2.45) is 5.92 Å². The van der Waals surface area contributed by atoms with Crippen LogP contribution in [0.25, 0.3) is 0 Å². The second-order valence-corrected chi connectivity index (χ2v) is 8.25. The number of ether oxygens (including phenoxy) is 3. The third kappa shape index (κ3) is 7.16. The molecule has 1 aliphatic rings. The van der Waals surface area contributed by atoms with Gasteiger partial charge in [-0.25, -0.2) is 4.79 Å². The average Bonchev–Trinajstić information content (AvgIpc) is 3.48. The molecule has 10 heteroatoms. The van der Waals surface area contributed by atoms with E-state index < -0.39 is 12.0 Å². The Hall–Kier alpha value is -3.69. The number of carbonyl (C=O) groups excluding carboxylic acids is 3.